The number of aromatic nitrogens is 3. The maximum absolute atomic E-state index is 13.8. The van der Waals surface area contributed by atoms with Crippen molar-refractivity contribution in [1.82, 2.24) is 14.8 Å². The highest BCUT2D eigenvalue weighted by Crippen LogP contribution is 2.26. The number of aryl methyl sites for hydroxylation is 1. The van der Waals surface area contributed by atoms with Crippen molar-refractivity contribution in [2.24, 2.45) is 4.99 Å². The number of nitrogens with zero attached hydrogens (tertiary/aromatic N) is 4. The van der Waals surface area contributed by atoms with Crippen LogP contribution >= 0.6 is 0 Å². The summed E-state index contributed by atoms with van der Waals surface area (Å²) in [4.78, 5) is 4.56. The molecule has 6 heteroatoms. The van der Waals surface area contributed by atoms with Crippen LogP contribution in [0.4, 0.5) is 8.78 Å². The average Bonchev–Trinajstić information content (AvgIpc) is 2.82. The second kappa shape index (κ2) is 5.08. The van der Waals surface area contributed by atoms with Crippen LogP contribution in [0, 0.1) is 18.6 Å². The molecule has 114 valence electrons. The summed E-state index contributed by atoms with van der Waals surface area (Å²) in [5.74, 6) is 0.721. The third kappa shape index (κ3) is 2.23. The fourth-order valence-corrected chi connectivity index (χ4v) is 2.80. The third-order valence-electron chi connectivity index (χ3n) is 3.84. The zero-order chi connectivity index (χ0) is 16.0. The number of fused-ring (bicyclic) bond motifs is 3. The highest BCUT2D eigenvalue weighted by atomic mass is 19.1. The SMILES string of the molecule is Cc1nnc2n1-c1ccc(F)cc1C(c1ccc(F)cc1)=NC2. The molecule has 0 aliphatic carbocycles. The maximum Gasteiger partial charge on any atom is 0.159 e. The largest absolute Gasteiger partial charge is 0.281 e. The van der Waals surface area contributed by atoms with Crippen LogP contribution in [0.3, 0.4) is 0 Å². The smallest absolute Gasteiger partial charge is 0.159 e. The molecule has 1 aliphatic heterocycles. The van der Waals surface area contributed by atoms with Crippen LogP contribution in [0.2, 0.25) is 0 Å². The van der Waals surface area contributed by atoms with Gasteiger partial charge in [0.05, 0.1) is 11.4 Å². The summed E-state index contributed by atoms with van der Waals surface area (Å²) in [7, 11) is 0. The molecule has 0 atom stereocenters. The van der Waals surface area contributed by atoms with Gasteiger partial charge in [0.1, 0.15) is 24.0 Å². The topological polar surface area (TPSA) is 43.1 Å². The average molecular weight is 310 g/mol. The first kappa shape index (κ1) is 13.8. The molecule has 4 nitrogen and oxygen atoms in total. The summed E-state index contributed by atoms with van der Waals surface area (Å²) in [6.07, 6.45) is 0. The number of aliphatic imine (C=N–C) groups is 1. The molecule has 1 aromatic heterocycles. The fraction of sp³-hybridized carbons (Fsp3) is 0.118. The minimum absolute atomic E-state index is 0.323. The molecule has 1 aliphatic rings. The number of benzene rings is 2. The lowest BCUT2D eigenvalue weighted by molar-refractivity contribution is 0.626. The summed E-state index contributed by atoms with van der Waals surface area (Å²) >= 11 is 0. The van der Waals surface area contributed by atoms with E-state index in [2.05, 4.69) is 15.2 Å². The molecule has 0 fully saturated rings. The Bertz CT molecular complexity index is 926. The minimum Gasteiger partial charge on any atom is -0.281 e. The maximum atomic E-state index is 13.8. The van der Waals surface area contributed by atoms with Gasteiger partial charge in [-0.1, -0.05) is 0 Å². The van der Waals surface area contributed by atoms with Gasteiger partial charge in [-0.2, -0.15) is 0 Å². The van der Waals surface area contributed by atoms with E-state index in [1.54, 1.807) is 18.2 Å². The van der Waals surface area contributed by atoms with E-state index in [9.17, 15) is 8.78 Å². The van der Waals surface area contributed by atoms with Crippen LogP contribution < -0.4 is 0 Å². The van der Waals surface area contributed by atoms with Crippen LogP contribution in [0.5, 0.6) is 0 Å². The van der Waals surface area contributed by atoms with E-state index in [0.29, 0.717) is 29.5 Å². The molecule has 23 heavy (non-hydrogen) atoms. The van der Waals surface area contributed by atoms with Gasteiger partial charge in [-0.15, -0.1) is 10.2 Å². The lowest BCUT2D eigenvalue weighted by Gasteiger charge is -2.12. The van der Waals surface area contributed by atoms with Gasteiger partial charge >= 0.3 is 0 Å². The zero-order valence-corrected chi connectivity index (χ0v) is 12.3. The van der Waals surface area contributed by atoms with Gasteiger partial charge in [-0.3, -0.25) is 9.56 Å². The Morgan fingerprint density at radius 3 is 2.48 bits per heavy atom. The van der Waals surface area contributed by atoms with Crippen molar-refractivity contribution in [3.63, 3.8) is 0 Å². The van der Waals surface area contributed by atoms with Crippen LogP contribution in [-0.2, 0) is 6.54 Å². The zero-order valence-electron chi connectivity index (χ0n) is 12.3. The highest BCUT2D eigenvalue weighted by Gasteiger charge is 2.22. The first-order valence-corrected chi connectivity index (χ1v) is 7.15. The van der Waals surface area contributed by atoms with Gasteiger partial charge in [0.25, 0.3) is 0 Å². The van der Waals surface area contributed by atoms with Crippen molar-refractivity contribution >= 4 is 5.71 Å². The molecule has 0 amide bonds. The van der Waals surface area contributed by atoms with E-state index in [1.807, 2.05) is 11.5 Å². The van der Waals surface area contributed by atoms with E-state index in [4.69, 9.17) is 0 Å². The summed E-state index contributed by atoms with van der Waals surface area (Å²) in [6, 6.07) is 10.5. The molecule has 0 bridgehead atoms. The van der Waals surface area contributed by atoms with E-state index < -0.39 is 0 Å². The quantitative estimate of drug-likeness (QED) is 0.693. The van der Waals surface area contributed by atoms with Crippen LogP contribution in [0.25, 0.3) is 5.69 Å². The lowest BCUT2D eigenvalue weighted by Crippen LogP contribution is -2.09. The number of hydrogen-bond donors (Lipinski definition) is 0. The Morgan fingerprint density at radius 1 is 0.957 bits per heavy atom. The van der Waals surface area contributed by atoms with Crippen molar-refractivity contribution in [2.75, 3.05) is 0 Å². The van der Waals surface area contributed by atoms with Crippen LogP contribution in [0.1, 0.15) is 22.8 Å². The summed E-state index contributed by atoms with van der Waals surface area (Å²) in [5.41, 5.74) is 2.75. The molecular formula is C17H12F2N4. The van der Waals surface area contributed by atoms with E-state index in [0.717, 1.165) is 11.3 Å². The minimum atomic E-state index is -0.354. The Kier molecular flexibility index (Phi) is 3.04. The van der Waals surface area contributed by atoms with Crippen molar-refractivity contribution in [3.8, 4) is 5.69 Å². The fourth-order valence-electron chi connectivity index (χ4n) is 2.80. The lowest BCUT2D eigenvalue weighted by atomic mass is 10.00. The monoisotopic (exact) mass is 310 g/mol. The van der Waals surface area contributed by atoms with Crippen molar-refractivity contribution in [1.29, 1.82) is 0 Å². The molecule has 3 aromatic rings. The predicted molar refractivity (Wildman–Crippen MR) is 81.8 cm³/mol. The Morgan fingerprint density at radius 2 is 1.70 bits per heavy atom. The summed E-state index contributed by atoms with van der Waals surface area (Å²) < 4.78 is 28.9. The summed E-state index contributed by atoms with van der Waals surface area (Å²) in [6.45, 7) is 2.16. The van der Waals surface area contributed by atoms with E-state index >= 15 is 0 Å². The second-order valence-electron chi connectivity index (χ2n) is 5.33. The van der Waals surface area contributed by atoms with Crippen molar-refractivity contribution < 1.29 is 8.78 Å². The third-order valence-corrected chi connectivity index (χ3v) is 3.84. The normalized spacial score (nSPS) is 13.1. The predicted octanol–water partition coefficient (Wildman–Crippen LogP) is 3.20. The molecule has 0 saturated carbocycles. The molecule has 2 aromatic carbocycles. The Balaban J connectivity index is 1.98. The van der Waals surface area contributed by atoms with Crippen molar-refractivity contribution in [3.05, 3.63) is 76.9 Å². The number of hydrogen-bond acceptors (Lipinski definition) is 3. The van der Waals surface area contributed by atoms with Gasteiger partial charge in [0.15, 0.2) is 5.82 Å². The van der Waals surface area contributed by atoms with Crippen LogP contribution in [-0.4, -0.2) is 20.5 Å². The first-order chi connectivity index (χ1) is 11.1. The van der Waals surface area contributed by atoms with Crippen molar-refractivity contribution in [2.45, 2.75) is 13.5 Å². The molecule has 4 rings (SSSR count). The van der Waals surface area contributed by atoms with Gasteiger partial charge in [0, 0.05) is 11.1 Å². The molecule has 2 heterocycles. The molecule has 0 N–H and O–H groups in total. The van der Waals surface area contributed by atoms with E-state index in [-0.39, 0.29) is 11.6 Å². The molecule has 0 saturated heterocycles. The molecule has 0 spiro atoms. The molecular weight excluding hydrogens is 298 g/mol. The van der Waals surface area contributed by atoms with Gasteiger partial charge < -0.3 is 0 Å². The second-order valence-corrected chi connectivity index (χ2v) is 5.33. The molecule has 0 radical (unpaired) electrons. The Hall–Kier alpha value is -2.89. The van der Waals surface area contributed by atoms with Crippen LogP contribution in [0.15, 0.2) is 47.5 Å². The standard InChI is InChI=1S/C17H12F2N4/c1-10-21-22-16-9-20-17(11-2-4-12(18)5-3-11)14-8-13(19)6-7-15(14)23(10)16/h2-8H,9H2,1H3. The van der Waals surface area contributed by atoms with E-state index in [1.165, 1.54) is 24.3 Å². The van der Waals surface area contributed by atoms with Gasteiger partial charge in [-0.05, 0) is 49.4 Å². The number of rotatable bonds is 1. The number of halogens is 2. The van der Waals surface area contributed by atoms with Gasteiger partial charge in [-0.25, -0.2) is 8.78 Å². The first-order valence-electron chi connectivity index (χ1n) is 7.15. The highest BCUT2D eigenvalue weighted by molar-refractivity contribution is 6.15. The Labute approximate surface area is 131 Å². The summed E-state index contributed by atoms with van der Waals surface area (Å²) in [5, 5.41) is 8.20. The van der Waals surface area contributed by atoms with Gasteiger partial charge in [0.2, 0.25) is 0 Å². The molecule has 0 unspecified atom stereocenters.